The Kier molecular flexibility index (Phi) is 5.61. The van der Waals surface area contributed by atoms with Gasteiger partial charge in [-0.2, -0.15) is 0 Å². The minimum Gasteiger partial charge on any atom is -0.303 e. The smallest absolute Gasteiger partial charge is 0.164 e. The van der Waals surface area contributed by atoms with Crippen LogP contribution in [-0.2, 0) is 13.6 Å². The van der Waals surface area contributed by atoms with Gasteiger partial charge in [0.25, 0.3) is 0 Å². The normalized spacial score (nSPS) is 17.3. The van der Waals surface area contributed by atoms with Gasteiger partial charge in [-0.05, 0) is 46.2 Å². The van der Waals surface area contributed by atoms with Gasteiger partial charge in [0, 0.05) is 13.1 Å². The molecule has 1 aromatic carbocycles. The van der Waals surface area contributed by atoms with Crippen molar-refractivity contribution in [3.05, 3.63) is 41.2 Å². The van der Waals surface area contributed by atoms with Crippen molar-refractivity contribution in [2.24, 2.45) is 13.0 Å². The van der Waals surface area contributed by atoms with Crippen LogP contribution < -0.4 is 5.32 Å². The molecule has 1 saturated carbocycles. The number of aryl methyl sites for hydroxylation is 1. The summed E-state index contributed by atoms with van der Waals surface area (Å²) in [4.78, 5) is 0. The molecule has 0 saturated heterocycles. The van der Waals surface area contributed by atoms with E-state index < -0.39 is 0 Å². The summed E-state index contributed by atoms with van der Waals surface area (Å²) in [6.45, 7) is 5.18. The Balaban J connectivity index is 1.67. The highest BCUT2D eigenvalue weighted by molar-refractivity contribution is 5.28. The Morgan fingerprint density at radius 1 is 1.12 bits per heavy atom. The fraction of sp³-hybridized carbons (Fsp3) is 0.632. The van der Waals surface area contributed by atoms with Gasteiger partial charge in [0.1, 0.15) is 0 Å². The minimum atomic E-state index is 0.308. The Morgan fingerprint density at radius 3 is 2.42 bits per heavy atom. The molecule has 1 unspecified atom stereocenters. The van der Waals surface area contributed by atoms with Crippen LogP contribution >= 0.6 is 0 Å². The SMILES string of the molecule is CC(C)C(NCc1nnnn1C)c1ccc(C2CCCCC2)cc1. The van der Waals surface area contributed by atoms with Gasteiger partial charge in [-0.1, -0.05) is 57.4 Å². The van der Waals surface area contributed by atoms with Crippen LogP contribution in [-0.4, -0.2) is 20.2 Å². The van der Waals surface area contributed by atoms with Gasteiger partial charge in [-0.15, -0.1) is 5.10 Å². The van der Waals surface area contributed by atoms with Crippen LogP contribution in [0, 0.1) is 5.92 Å². The number of rotatable bonds is 6. The van der Waals surface area contributed by atoms with E-state index in [9.17, 15) is 0 Å². The molecule has 5 nitrogen and oxygen atoms in total. The van der Waals surface area contributed by atoms with Crippen molar-refractivity contribution in [2.45, 2.75) is 64.5 Å². The van der Waals surface area contributed by atoms with E-state index in [2.05, 4.69) is 59.0 Å². The average Bonchev–Trinajstić information content (AvgIpc) is 3.01. The second-order valence-electron chi connectivity index (χ2n) is 7.32. The highest BCUT2D eigenvalue weighted by atomic mass is 15.5. The molecule has 1 aliphatic rings. The Bertz CT molecular complexity index is 625. The Labute approximate surface area is 144 Å². The topological polar surface area (TPSA) is 55.6 Å². The van der Waals surface area contributed by atoms with Gasteiger partial charge in [0.15, 0.2) is 5.82 Å². The van der Waals surface area contributed by atoms with Crippen LogP contribution in [0.25, 0.3) is 0 Å². The molecule has 0 bridgehead atoms. The summed E-state index contributed by atoms with van der Waals surface area (Å²) in [6, 6.07) is 9.59. The molecular weight excluding hydrogens is 298 g/mol. The molecule has 1 N–H and O–H groups in total. The number of nitrogens with zero attached hydrogens (tertiary/aromatic N) is 4. The van der Waals surface area contributed by atoms with Gasteiger partial charge in [-0.3, -0.25) is 0 Å². The lowest BCUT2D eigenvalue weighted by atomic mass is 9.83. The first-order valence-corrected chi connectivity index (χ1v) is 9.19. The largest absolute Gasteiger partial charge is 0.303 e. The summed E-state index contributed by atoms with van der Waals surface area (Å²) >= 11 is 0. The average molecular weight is 327 g/mol. The van der Waals surface area contributed by atoms with Crippen LogP contribution in [0.3, 0.4) is 0 Å². The Morgan fingerprint density at radius 2 is 1.83 bits per heavy atom. The lowest BCUT2D eigenvalue weighted by molar-refractivity contribution is 0.401. The van der Waals surface area contributed by atoms with Crippen molar-refractivity contribution < 1.29 is 0 Å². The molecular formula is C19H29N5. The molecule has 0 radical (unpaired) electrons. The molecule has 130 valence electrons. The quantitative estimate of drug-likeness (QED) is 0.878. The maximum absolute atomic E-state index is 4.06. The summed E-state index contributed by atoms with van der Waals surface area (Å²) in [7, 11) is 1.88. The third-order valence-corrected chi connectivity index (χ3v) is 5.23. The van der Waals surface area contributed by atoms with Gasteiger partial charge < -0.3 is 5.32 Å². The molecule has 5 heteroatoms. The summed E-state index contributed by atoms with van der Waals surface area (Å²) in [5.41, 5.74) is 2.86. The first-order valence-electron chi connectivity index (χ1n) is 9.19. The third kappa shape index (κ3) is 4.01. The van der Waals surface area contributed by atoms with E-state index in [1.54, 1.807) is 4.68 Å². The number of nitrogens with one attached hydrogen (secondary N) is 1. The van der Waals surface area contributed by atoms with Crippen molar-refractivity contribution in [3.8, 4) is 0 Å². The van der Waals surface area contributed by atoms with Gasteiger partial charge in [-0.25, -0.2) is 4.68 Å². The van der Waals surface area contributed by atoms with Crippen LogP contribution in [0.1, 0.15) is 74.9 Å². The second kappa shape index (κ2) is 7.88. The van der Waals surface area contributed by atoms with Crippen molar-refractivity contribution in [2.75, 3.05) is 0 Å². The number of benzene rings is 1. The predicted octanol–water partition coefficient (Wildman–Crippen LogP) is 3.74. The van der Waals surface area contributed by atoms with E-state index in [1.807, 2.05) is 7.05 Å². The third-order valence-electron chi connectivity index (χ3n) is 5.23. The van der Waals surface area contributed by atoms with Crippen molar-refractivity contribution in [3.63, 3.8) is 0 Å². The standard InChI is InChI=1S/C19H29N5/c1-14(2)19(20-13-18-21-22-23-24(18)3)17-11-9-16(10-12-17)15-7-5-4-6-8-15/h9-12,14-15,19-20H,4-8,13H2,1-3H3. The molecule has 1 atom stereocenters. The maximum Gasteiger partial charge on any atom is 0.164 e. The highest BCUT2D eigenvalue weighted by Crippen LogP contribution is 2.33. The van der Waals surface area contributed by atoms with E-state index in [0.29, 0.717) is 18.5 Å². The van der Waals surface area contributed by atoms with Gasteiger partial charge in [0.05, 0.1) is 6.54 Å². The first kappa shape index (κ1) is 17.1. The van der Waals surface area contributed by atoms with E-state index in [-0.39, 0.29) is 0 Å². The van der Waals surface area contributed by atoms with E-state index in [0.717, 1.165) is 11.7 Å². The lowest BCUT2D eigenvalue weighted by Crippen LogP contribution is -2.26. The van der Waals surface area contributed by atoms with E-state index in [1.165, 1.54) is 43.2 Å². The fourth-order valence-electron chi connectivity index (χ4n) is 3.75. The molecule has 0 amide bonds. The van der Waals surface area contributed by atoms with Crippen molar-refractivity contribution in [1.29, 1.82) is 0 Å². The Hall–Kier alpha value is -1.75. The number of hydrogen-bond donors (Lipinski definition) is 1. The van der Waals surface area contributed by atoms with Crippen molar-refractivity contribution >= 4 is 0 Å². The molecule has 1 heterocycles. The molecule has 2 aromatic rings. The zero-order valence-corrected chi connectivity index (χ0v) is 15.1. The number of aromatic nitrogens is 4. The minimum absolute atomic E-state index is 0.308. The summed E-state index contributed by atoms with van der Waals surface area (Å²) < 4.78 is 1.72. The van der Waals surface area contributed by atoms with Gasteiger partial charge in [0.2, 0.25) is 0 Å². The van der Waals surface area contributed by atoms with Crippen LogP contribution in [0.4, 0.5) is 0 Å². The zero-order valence-electron chi connectivity index (χ0n) is 15.1. The molecule has 0 aliphatic heterocycles. The maximum atomic E-state index is 4.06. The first-order chi connectivity index (χ1) is 11.6. The number of hydrogen-bond acceptors (Lipinski definition) is 4. The zero-order chi connectivity index (χ0) is 16.9. The molecule has 1 aliphatic carbocycles. The summed E-state index contributed by atoms with van der Waals surface area (Å²) in [5, 5.41) is 15.3. The molecule has 1 fully saturated rings. The molecule has 3 rings (SSSR count). The molecule has 24 heavy (non-hydrogen) atoms. The van der Waals surface area contributed by atoms with E-state index >= 15 is 0 Å². The van der Waals surface area contributed by atoms with Crippen LogP contribution in [0.2, 0.25) is 0 Å². The van der Waals surface area contributed by atoms with Crippen molar-refractivity contribution in [1.82, 2.24) is 25.5 Å². The summed E-state index contributed by atoms with van der Waals surface area (Å²) in [5.74, 6) is 2.13. The van der Waals surface area contributed by atoms with Crippen LogP contribution in [0.15, 0.2) is 24.3 Å². The monoisotopic (exact) mass is 327 g/mol. The predicted molar refractivity (Wildman–Crippen MR) is 95.5 cm³/mol. The van der Waals surface area contributed by atoms with E-state index in [4.69, 9.17) is 0 Å². The molecule has 1 aromatic heterocycles. The lowest BCUT2D eigenvalue weighted by Gasteiger charge is -2.25. The highest BCUT2D eigenvalue weighted by Gasteiger charge is 2.19. The number of tetrazole rings is 1. The summed E-state index contributed by atoms with van der Waals surface area (Å²) in [6.07, 6.45) is 6.88. The fourth-order valence-corrected chi connectivity index (χ4v) is 3.75. The van der Waals surface area contributed by atoms with Crippen LogP contribution in [0.5, 0.6) is 0 Å². The van der Waals surface area contributed by atoms with Gasteiger partial charge >= 0.3 is 0 Å². The second-order valence-corrected chi connectivity index (χ2v) is 7.32. The molecule has 0 spiro atoms.